The number of rotatable bonds is 4. The fourth-order valence-corrected chi connectivity index (χ4v) is 1.32. The van der Waals surface area contributed by atoms with E-state index in [-0.39, 0.29) is 5.91 Å². The van der Waals surface area contributed by atoms with Gasteiger partial charge in [-0.05, 0) is 12.1 Å². The lowest BCUT2D eigenvalue weighted by molar-refractivity contribution is 0.0962. The number of ether oxygens (including phenoxy) is 1. The first-order valence-electron chi connectivity index (χ1n) is 5.25. The smallest absolute Gasteiger partial charge is 0.272 e. The van der Waals surface area contributed by atoms with Crippen LogP contribution >= 0.6 is 0 Å². The molecule has 6 heteroatoms. The van der Waals surface area contributed by atoms with Gasteiger partial charge in [0.25, 0.3) is 5.91 Å². The SMILES string of the molecule is COc1cccc(NNC(=O)c2cncnc2)c1. The molecule has 1 aromatic carbocycles. The fraction of sp³-hybridized carbons (Fsp3) is 0.0833. The van der Waals surface area contributed by atoms with Crippen LogP contribution in [0.3, 0.4) is 0 Å². The Morgan fingerprint density at radius 2 is 2.06 bits per heavy atom. The highest BCUT2D eigenvalue weighted by atomic mass is 16.5. The minimum atomic E-state index is -0.307. The van der Waals surface area contributed by atoms with E-state index in [0.717, 1.165) is 5.69 Å². The molecule has 0 bridgehead atoms. The summed E-state index contributed by atoms with van der Waals surface area (Å²) in [5.41, 5.74) is 6.43. The molecule has 6 nitrogen and oxygen atoms in total. The third-order valence-corrected chi connectivity index (χ3v) is 2.21. The first-order chi connectivity index (χ1) is 8.79. The van der Waals surface area contributed by atoms with E-state index in [2.05, 4.69) is 20.8 Å². The van der Waals surface area contributed by atoms with E-state index in [1.54, 1.807) is 13.2 Å². The van der Waals surface area contributed by atoms with Gasteiger partial charge < -0.3 is 4.74 Å². The number of hydrazine groups is 1. The molecule has 0 unspecified atom stereocenters. The van der Waals surface area contributed by atoms with Crippen molar-refractivity contribution in [1.82, 2.24) is 15.4 Å². The van der Waals surface area contributed by atoms with Crippen LogP contribution in [0.1, 0.15) is 10.4 Å². The van der Waals surface area contributed by atoms with Gasteiger partial charge in [0.05, 0.1) is 18.4 Å². The molecule has 0 saturated carbocycles. The van der Waals surface area contributed by atoms with Crippen LogP contribution in [0.2, 0.25) is 0 Å². The Kier molecular flexibility index (Phi) is 3.70. The average molecular weight is 244 g/mol. The van der Waals surface area contributed by atoms with Crippen LogP contribution in [0.5, 0.6) is 5.75 Å². The first kappa shape index (κ1) is 11.8. The van der Waals surface area contributed by atoms with Crippen molar-refractivity contribution in [1.29, 1.82) is 0 Å². The number of nitrogens with one attached hydrogen (secondary N) is 2. The largest absolute Gasteiger partial charge is 0.497 e. The van der Waals surface area contributed by atoms with Gasteiger partial charge in [-0.15, -0.1) is 0 Å². The zero-order valence-corrected chi connectivity index (χ0v) is 9.75. The molecule has 2 N–H and O–H groups in total. The zero-order chi connectivity index (χ0) is 12.8. The quantitative estimate of drug-likeness (QED) is 0.791. The van der Waals surface area contributed by atoms with Crippen LogP contribution in [-0.2, 0) is 0 Å². The van der Waals surface area contributed by atoms with Gasteiger partial charge in [0, 0.05) is 18.5 Å². The van der Waals surface area contributed by atoms with Crippen molar-refractivity contribution >= 4 is 11.6 Å². The number of benzene rings is 1. The predicted octanol–water partition coefficient (Wildman–Crippen LogP) is 1.24. The molecule has 2 rings (SSSR count). The van der Waals surface area contributed by atoms with Crippen LogP contribution in [0, 0.1) is 0 Å². The fourth-order valence-electron chi connectivity index (χ4n) is 1.32. The van der Waals surface area contributed by atoms with Crippen molar-refractivity contribution in [2.45, 2.75) is 0 Å². The number of amides is 1. The first-order valence-corrected chi connectivity index (χ1v) is 5.25. The van der Waals surface area contributed by atoms with Gasteiger partial charge in [-0.2, -0.15) is 0 Å². The van der Waals surface area contributed by atoms with E-state index < -0.39 is 0 Å². The third kappa shape index (κ3) is 2.94. The summed E-state index contributed by atoms with van der Waals surface area (Å²) >= 11 is 0. The van der Waals surface area contributed by atoms with Crippen LogP contribution in [0.15, 0.2) is 43.0 Å². The number of methoxy groups -OCH3 is 1. The van der Waals surface area contributed by atoms with E-state index in [1.165, 1.54) is 18.7 Å². The molecule has 0 fully saturated rings. The second kappa shape index (κ2) is 5.62. The van der Waals surface area contributed by atoms with E-state index in [9.17, 15) is 4.79 Å². The van der Waals surface area contributed by atoms with E-state index in [1.807, 2.05) is 18.2 Å². The number of aromatic nitrogens is 2. The second-order valence-electron chi connectivity index (χ2n) is 3.44. The molecule has 1 heterocycles. The lowest BCUT2D eigenvalue weighted by atomic mass is 10.3. The van der Waals surface area contributed by atoms with Gasteiger partial charge in [0.15, 0.2) is 0 Å². The van der Waals surface area contributed by atoms with Crippen molar-refractivity contribution in [3.05, 3.63) is 48.5 Å². The Bertz CT molecular complexity index is 531. The molecule has 0 radical (unpaired) electrons. The van der Waals surface area contributed by atoms with E-state index in [0.29, 0.717) is 11.3 Å². The summed E-state index contributed by atoms with van der Waals surface area (Å²) in [6, 6.07) is 7.21. The standard InChI is InChI=1S/C12H12N4O2/c1-18-11-4-2-3-10(5-11)15-16-12(17)9-6-13-8-14-7-9/h2-8,15H,1H3,(H,16,17). The van der Waals surface area contributed by atoms with Gasteiger partial charge in [-0.3, -0.25) is 15.6 Å². The van der Waals surface area contributed by atoms with E-state index in [4.69, 9.17) is 4.74 Å². The summed E-state index contributed by atoms with van der Waals surface area (Å²) in [5, 5.41) is 0. The highest BCUT2D eigenvalue weighted by molar-refractivity contribution is 5.94. The third-order valence-electron chi connectivity index (χ3n) is 2.21. The van der Waals surface area contributed by atoms with Crippen molar-refractivity contribution in [2.24, 2.45) is 0 Å². The normalized spacial score (nSPS) is 9.61. The van der Waals surface area contributed by atoms with Gasteiger partial charge in [-0.25, -0.2) is 9.97 Å². The number of carbonyl (C=O) groups is 1. The van der Waals surface area contributed by atoms with Crippen molar-refractivity contribution in [2.75, 3.05) is 12.5 Å². The Morgan fingerprint density at radius 1 is 1.28 bits per heavy atom. The summed E-state index contributed by atoms with van der Waals surface area (Å²) in [6.07, 6.45) is 4.25. The van der Waals surface area contributed by atoms with Gasteiger partial charge in [0.2, 0.25) is 0 Å². The molecule has 0 aliphatic rings. The summed E-state index contributed by atoms with van der Waals surface area (Å²) in [7, 11) is 1.58. The number of hydrogen-bond acceptors (Lipinski definition) is 5. The molecule has 0 aliphatic carbocycles. The summed E-state index contributed by atoms with van der Waals surface area (Å²) in [5.74, 6) is 0.399. The number of nitrogens with zero attached hydrogens (tertiary/aromatic N) is 2. The van der Waals surface area contributed by atoms with Crippen LogP contribution in [-0.4, -0.2) is 23.0 Å². The molecule has 0 aliphatic heterocycles. The van der Waals surface area contributed by atoms with Crippen LogP contribution in [0.4, 0.5) is 5.69 Å². The molecule has 1 amide bonds. The Morgan fingerprint density at radius 3 is 2.78 bits per heavy atom. The van der Waals surface area contributed by atoms with E-state index >= 15 is 0 Å². The Balaban J connectivity index is 1.97. The maximum Gasteiger partial charge on any atom is 0.272 e. The average Bonchev–Trinajstić information content (AvgIpc) is 2.46. The molecule has 2 aromatic rings. The number of anilines is 1. The lowest BCUT2D eigenvalue weighted by Crippen LogP contribution is -2.29. The minimum absolute atomic E-state index is 0.307. The molecule has 92 valence electrons. The lowest BCUT2D eigenvalue weighted by Gasteiger charge is -2.09. The molecule has 0 spiro atoms. The second-order valence-corrected chi connectivity index (χ2v) is 3.44. The predicted molar refractivity (Wildman–Crippen MR) is 66.1 cm³/mol. The molecule has 0 saturated heterocycles. The Hall–Kier alpha value is -2.63. The highest BCUT2D eigenvalue weighted by Gasteiger charge is 2.04. The van der Waals surface area contributed by atoms with Gasteiger partial charge in [0.1, 0.15) is 12.1 Å². The minimum Gasteiger partial charge on any atom is -0.497 e. The number of hydrogen-bond donors (Lipinski definition) is 2. The monoisotopic (exact) mass is 244 g/mol. The van der Waals surface area contributed by atoms with Gasteiger partial charge in [-0.1, -0.05) is 6.07 Å². The highest BCUT2D eigenvalue weighted by Crippen LogP contribution is 2.15. The van der Waals surface area contributed by atoms with Crippen molar-refractivity contribution in [3.63, 3.8) is 0 Å². The van der Waals surface area contributed by atoms with Crippen molar-refractivity contribution < 1.29 is 9.53 Å². The maximum atomic E-state index is 11.7. The topological polar surface area (TPSA) is 76.1 Å². The maximum absolute atomic E-state index is 11.7. The Labute approximate surface area is 104 Å². The summed E-state index contributed by atoms with van der Waals surface area (Å²) in [4.78, 5) is 19.2. The molecular weight excluding hydrogens is 232 g/mol. The van der Waals surface area contributed by atoms with Crippen molar-refractivity contribution in [3.8, 4) is 5.75 Å². The van der Waals surface area contributed by atoms with Crippen LogP contribution in [0.25, 0.3) is 0 Å². The molecule has 1 aromatic heterocycles. The van der Waals surface area contributed by atoms with Gasteiger partial charge >= 0.3 is 0 Å². The molecule has 18 heavy (non-hydrogen) atoms. The summed E-state index contributed by atoms with van der Waals surface area (Å²) in [6.45, 7) is 0. The van der Waals surface area contributed by atoms with Crippen LogP contribution < -0.4 is 15.6 Å². The summed E-state index contributed by atoms with van der Waals surface area (Å²) < 4.78 is 5.07. The molecule has 0 atom stereocenters. The molecular formula is C12H12N4O2. The zero-order valence-electron chi connectivity index (χ0n) is 9.75. The number of carbonyl (C=O) groups excluding carboxylic acids is 1.